The number of hydrogen-bond donors (Lipinski definition) is 2. The Labute approximate surface area is 162 Å². The van der Waals surface area contributed by atoms with Crippen LogP contribution in [-0.4, -0.2) is 44.3 Å². The summed E-state index contributed by atoms with van der Waals surface area (Å²) in [5, 5.41) is 14.7. The molecule has 2 aliphatic rings. The van der Waals surface area contributed by atoms with Crippen molar-refractivity contribution in [3.63, 3.8) is 0 Å². The minimum atomic E-state index is -0.255. The molecule has 6 nitrogen and oxygen atoms in total. The quantitative estimate of drug-likeness (QED) is 0.732. The molecule has 5 rings (SSSR count). The van der Waals surface area contributed by atoms with Gasteiger partial charge in [-0.1, -0.05) is 12.1 Å². The van der Waals surface area contributed by atoms with E-state index in [1.54, 1.807) is 18.3 Å². The molecule has 0 bridgehead atoms. The molecule has 0 unspecified atom stereocenters. The number of hydrogen-bond acceptors (Lipinski definition) is 3. The van der Waals surface area contributed by atoms with Gasteiger partial charge in [0.25, 0.3) is 5.91 Å². The number of fused-ring (bicyclic) bond motifs is 1. The molecule has 0 saturated carbocycles. The molecule has 1 fully saturated rings. The summed E-state index contributed by atoms with van der Waals surface area (Å²) in [4.78, 5) is 15.0. The van der Waals surface area contributed by atoms with Gasteiger partial charge in [0.05, 0.1) is 6.20 Å². The van der Waals surface area contributed by atoms with E-state index in [4.69, 9.17) is 0 Å². The summed E-state index contributed by atoms with van der Waals surface area (Å²) >= 11 is 0. The molecule has 2 aromatic heterocycles. The number of benzene rings is 1. The average molecular weight is 379 g/mol. The van der Waals surface area contributed by atoms with E-state index in [-0.39, 0.29) is 17.6 Å². The van der Waals surface area contributed by atoms with E-state index < -0.39 is 0 Å². The molecule has 28 heavy (non-hydrogen) atoms. The monoisotopic (exact) mass is 379 g/mol. The molecule has 3 heterocycles. The third-order valence-electron chi connectivity index (χ3n) is 5.95. The van der Waals surface area contributed by atoms with Gasteiger partial charge in [-0.2, -0.15) is 10.2 Å². The average Bonchev–Trinajstić information content (AvgIpc) is 3.45. The van der Waals surface area contributed by atoms with Crippen LogP contribution in [0.2, 0.25) is 0 Å². The molecule has 1 amide bonds. The van der Waals surface area contributed by atoms with Crippen LogP contribution < -0.4 is 0 Å². The summed E-state index contributed by atoms with van der Waals surface area (Å²) in [6.45, 7) is 1.38. The largest absolute Gasteiger partial charge is 0.337 e. The molecular weight excluding hydrogens is 357 g/mol. The lowest BCUT2D eigenvalue weighted by atomic mass is 9.90. The molecule has 7 heteroatoms. The number of aryl methyl sites for hydroxylation is 1. The Balaban J connectivity index is 1.39. The first-order chi connectivity index (χ1) is 13.7. The molecular formula is C21H22FN5O. The predicted molar refractivity (Wildman–Crippen MR) is 102 cm³/mol. The molecule has 0 spiro atoms. The maximum atomic E-state index is 13.3. The standard InChI is InChI=1S/C21H22FN5O/c22-15-8-6-13(7-9-15)17-11-23-25-19(17)14-3-2-10-27(12-14)21(28)20-16-4-1-5-18(16)24-26-20/h6-9,11,14H,1-5,10,12H2,(H,23,25)(H,24,26)/t14-/m0/s1. The summed E-state index contributed by atoms with van der Waals surface area (Å²) < 4.78 is 13.3. The van der Waals surface area contributed by atoms with Gasteiger partial charge in [0, 0.05) is 41.5 Å². The van der Waals surface area contributed by atoms with Gasteiger partial charge in [-0.3, -0.25) is 15.0 Å². The van der Waals surface area contributed by atoms with Gasteiger partial charge in [0.15, 0.2) is 5.69 Å². The number of nitrogens with one attached hydrogen (secondary N) is 2. The topological polar surface area (TPSA) is 77.7 Å². The summed E-state index contributed by atoms with van der Waals surface area (Å²) in [5.74, 6) is -0.0611. The van der Waals surface area contributed by atoms with Crippen molar-refractivity contribution in [2.75, 3.05) is 13.1 Å². The van der Waals surface area contributed by atoms with Gasteiger partial charge >= 0.3 is 0 Å². The number of H-pyrrole nitrogens is 2. The van der Waals surface area contributed by atoms with Gasteiger partial charge in [0.1, 0.15) is 5.82 Å². The highest BCUT2D eigenvalue weighted by molar-refractivity contribution is 5.94. The highest BCUT2D eigenvalue weighted by Crippen LogP contribution is 2.34. The van der Waals surface area contributed by atoms with E-state index in [2.05, 4.69) is 20.4 Å². The fourth-order valence-electron chi connectivity index (χ4n) is 4.51. The van der Waals surface area contributed by atoms with Gasteiger partial charge in [-0.25, -0.2) is 4.39 Å². The van der Waals surface area contributed by atoms with E-state index >= 15 is 0 Å². The number of rotatable bonds is 3. The van der Waals surface area contributed by atoms with Crippen molar-refractivity contribution in [1.82, 2.24) is 25.3 Å². The highest BCUT2D eigenvalue weighted by atomic mass is 19.1. The fourth-order valence-corrected chi connectivity index (χ4v) is 4.51. The predicted octanol–water partition coefficient (Wildman–Crippen LogP) is 3.45. The van der Waals surface area contributed by atoms with Crippen molar-refractivity contribution in [2.24, 2.45) is 0 Å². The number of carbonyl (C=O) groups is 1. The maximum Gasteiger partial charge on any atom is 0.274 e. The second kappa shape index (κ2) is 6.89. The van der Waals surface area contributed by atoms with Crippen LogP contribution in [0.25, 0.3) is 11.1 Å². The first kappa shape index (κ1) is 17.2. The van der Waals surface area contributed by atoms with Gasteiger partial charge < -0.3 is 4.90 Å². The Kier molecular flexibility index (Phi) is 4.22. The molecule has 1 aromatic carbocycles. The molecule has 1 aliphatic carbocycles. The zero-order valence-corrected chi connectivity index (χ0v) is 15.5. The van der Waals surface area contributed by atoms with Crippen molar-refractivity contribution in [3.8, 4) is 11.1 Å². The first-order valence-electron chi connectivity index (χ1n) is 9.85. The van der Waals surface area contributed by atoms with Crippen LogP contribution in [0.4, 0.5) is 4.39 Å². The van der Waals surface area contributed by atoms with Crippen LogP contribution in [0.1, 0.15) is 52.6 Å². The highest BCUT2D eigenvalue weighted by Gasteiger charge is 2.31. The second-order valence-electron chi connectivity index (χ2n) is 7.68. The number of aromatic nitrogens is 4. The number of carbonyl (C=O) groups excluding carboxylic acids is 1. The molecule has 3 aromatic rings. The number of amides is 1. The Hall–Kier alpha value is -2.96. The van der Waals surface area contributed by atoms with Crippen molar-refractivity contribution < 1.29 is 9.18 Å². The van der Waals surface area contributed by atoms with Crippen molar-refractivity contribution in [2.45, 2.75) is 38.0 Å². The summed E-state index contributed by atoms with van der Waals surface area (Å²) in [7, 11) is 0. The molecule has 1 atom stereocenters. The van der Waals surface area contributed by atoms with Gasteiger partial charge in [-0.05, 0) is 49.8 Å². The lowest BCUT2D eigenvalue weighted by Gasteiger charge is -2.32. The number of nitrogens with zero attached hydrogens (tertiary/aromatic N) is 3. The van der Waals surface area contributed by atoms with E-state index in [1.165, 1.54) is 12.1 Å². The minimum Gasteiger partial charge on any atom is -0.337 e. The number of halogens is 1. The third-order valence-corrected chi connectivity index (χ3v) is 5.95. The van der Waals surface area contributed by atoms with E-state index in [9.17, 15) is 9.18 Å². The van der Waals surface area contributed by atoms with E-state index in [0.717, 1.165) is 66.7 Å². The Morgan fingerprint density at radius 1 is 1.14 bits per heavy atom. The maximum absolute atomic E-state index is 13.3. The molecule has 144 valence electrons. The minimum absolute atomic E-state index is 0.0203. The third kappa shape index (κ3) is 2.91. The molecule has 1 saturated heterocycles. The second-order valence-corrected chi connectivity index (χ2v) is 7.68. The lowest BCUT2D eigenvalue weighted by Crippen LogP contribution is -2.39. The Morgan fingerprint density at radius 2 is 2.00 bits per heavy atom. The van der Waals surface area contributed by atoms with Gasteiger partial charge in [0.2, 0.25) is 0 Å². The number of aromatic amines is 2. The van der Waals surface area contributed by atoms with E-state index in [1.807, 2.05) is 4.90 Å². The van der Waals surface area contributed by atoms with Crippen molar-refractivity contribution in [1.29, 1.82) is 0 Å². The van der Waals surface area contributed by atoms with Crippen molar-refractivity contribution in [3.05, 3.63) is 58.9 Å². The normalized spacial score (nSPS) is 19.0. The van der Waals surface area contributed by atoms with Crippen LogP contribution >= 0.6 is 0 Å². The van der Waals surface area contributed by atoms with Crippen LogP contribution in [0.5, 0.6) is 0 Å². The zero-order valence-electron chi connectivity index (χ0n) is 15.5. The van der Waals surface area contributed by atoms with Crippen molar-refractivity contribution >= 4 is 5.91 Å². The summed E-state index contributed by atoms with van der Waals surface area (Å²) in [6, 6.07) is 6.45. The Bertz CT molecular complexity index is 1010. The van der Waals surface area contributed by atoms with Crippen LogP contribution in [-0.2, 0) is 12.8 Å². The summed E-state index contributed by atoms with van der Waals surface area (Å²) in [5.41, 5.74) is 5.72. The molecule has 1 aliphatic heterocycles. The smallest absolute Gasteiger partial charge is 0.274 e. The van der Waals surface area contributed by atoms with E-state index in [0.29, 0.717) is 12.2 Å². The van der Waals surface area contributed by atoms with Crippen LogP contribution in [0.3, 0.4) is 0 Å². The number of piperidine rings is 1. The lowest BCUT2D eigenvalue weighted by molar-refractivity contribution is 0.0699. The number of likely N-dealkylation sites (tertiary alicyclic amines) is 1. The zero-order chi connectivity index (χ0) is 19.1. The fraction of sp³-hybridized carbons (Fsp3) is 0.381. The van der Waals surface area contributed by atoms with Gasteiger partial charge in [-0.15, -0.1) is 0 Å². The molecule has 2 N–H and O–H groups in total. The summed E-state index contributed by atoms with van der Waals surface area (Å²) in [6.07, 6.45) is 6.70. The Morgan fingerprint density at radius 3 is 2.86 bits per heavy atom. The van der Waals surface area contributed by atoms with Crippen LogP contribution in [0.15, 0.2) is 30.5 Å². The SMILES string of the molecule is O=C(c1n[nH]c2c1CCC2)N1CCC[C@H](c2[nH]ncc2-c2ccc(F)cc2)C1. The molecule has 0 radical (unpaired) electrons. The van der Waals surface area contributed by atoms with Crippen LogP contribution in [0, 0.1) is 5.82 Å². The first-order valence-corrected chi connectivity index (χ1v) is 9.85.